The molecular formula is C18H17N3O5. The molecule has 3 rings (SSSR count). The van der Waals surface area contributed by atoms with Gasteiger partial charge in [-0.15, -0.1) is 0 Å². The maximum atomic E-state index is 11.9. The van der Waals surface area contributed by atoms with E-state index in [0.717, 1.165) is 5.56 Å². The van der Waals surface area contributed by atoms with Crippen molar-refractivity contribution in [3.8, 4) is 5.88 Å². The molecule has 134 valence electrons. The molecule has 0 aliphatic carbocycles. The molecule has 2 aromatic heterocycles. The molecular weight excluding hydrogens is 338 g/mol. The molecule has 26 heavy (non-hydrogen) atoms. The minimum absolute atomic E-state index is 0.150. The second kappa shape index (κ2) is 8.02. The third-order valence-corrected chi connectivity index (χ3v) is 3.40. The summed E-state index contributed by atoms with van der Waals surface area (Å²) in [5.41, 5.74) is 1.51. The molecule has 0 unspecified atom stereocenters. The zero-order chi connectivity index (χ0) is 18.4. The van der Waals surface area contributed by atoms with Crippen molar-refractivity contribution < 1.29 is 23.3 Å². The van der Waals surface area contributed by atoms with Crippen LogP contribution in [0.25, 0.3) is 0 Å². The van der Waals surface area contributed by atoms with Gasteiger partial charge in [0.05, 0.1) is 6.26 Å². The van der Waals surface area contributed by atoms with Crippen molar-refractivity contribution in [1.82, 2.24) is 10.5 Å². The average Bonchev–Trinajstić information content (AvgIpc) is 3.31. The molecule has 0 saturated carbocycles. The summed E-state index contributed by atoms with van der Waals surface area (Å²) in [6, 6.07) is 11.9. The van der Waals surface area contributed by atoms with E-state index in [9.17, 15) is 9.59 Å². The highest BCUT2D eigenvalue weighted by atomic mass is 16.5. The van der Waals surface area contributed by atoms with E-state index in [1.807, 2.05) is 0 Å². The lowest BCUT2D eigenvalue weighted by atomic mass is 10.2. The van der Waals surface area contributed by atoms with Gasteiger partial charge in [0.25, 0.3) is 17.7 Å². The predicted molar refractivity (Wildman–Crippen MR) is 91.7 cm³/mol. The van der Waals surface area contributed by atoms with E-state index >= 15 is 0 Å². The summed E-state index contributed by atoms with van der Waals surface area (Å²) in [4.78, 5) is 23.7. The molecule has 2 amide bonds. The van der Waals surface area contributed by atoms with Crippen LogP contribution in [0.15, 0.2) is 57.7 Å². The molecule has 3 aromatic rings. The van der Waals surface area contributed by atoms with Crippen molar-refractivity contribution in [2.45, 2.75) is 13.5 Å². The van der Waals surface area contributed by atoms with E-state index in [1.54, 1.807) is 49.4 Å². The number of furan rings is 1. The first kappa shape index (κ1) is 17.3. The second-order valence-electron chi connectivity index (χ2n) is 5.47. The minimum Gasteiger partial charge on any atom is -0.465 e. The van der Waals surface area contributed by atoms with Crippen molar-refractivity contribution in [2.75, 3.05) is 11.9 Å². The highest BCUT2D eigenvalue weighted by Crippen LogP contribution is 2.12. The van der Waals surface area contributed by atoms with E-state index in [1.165, 1.54) is 6.26 Å². The van der Waals surface area contributed by atoms with Gasteiger partial charge in [-0.25, -0.2) is 0 Å². The van der Waals surface area contributed by atoms with Crippen molar-refractivity contribution in [3.05, 3.63) is 65.8 Å². The topological polar surface area (TPSA) is 107 Å². The smallest absolute Gasteiger partial charge is 0.291 e. The Morgan fingerprint density at radius 3 is 2.65 bits per heavy atom. The normalized spacial score (nSPS) is 10.3. The number of nitrogens with zero attached hydrogens (tertiary/aromatic N) is 1. The van der Waals surface area contributed by atoms with Crippen LogP contribution in [-0.2, 0) is 11.3 Å². The fourth-order valence-electron chi connectivity index (χ4n) is 2.11. The van der Waals surface area contributed by atoms with Crippen LogP contribution in [0.5, 0.6) is 5.88 Å². The summed E-state index contributed by atoms with van der Waals surface area (Å²) in [5.74, 6) is 0.523. The van der Waals surface area contributed by atoms with Crippen molar-refractivity contribution >= 4 is 17.5 Å². The Bertz CT molecular complexity index is 869. The summed E-state index contributed by atoms with van der Waals surface area (Å²) in [6.45, 7) is 1.93. The van der Waals surface area contributed by atoms with Crippen LogP contribution >= 0.6 is 0 Å². The molecule has 0 saturated heterocycles. The fourth-order valence-corrected chi connectivity index (χ4v) is 2.11. The number of carbonyl (C=O) groups is 2. The molecule has 0 radical (unpaired) electrons. The lowest BCUT2D eigenvalue weighted by molar-refractivity contribution is -0.123. The van der Waals surface area contributed by atoms with E-state index in [-0.39, 0.29) is 30.1 Å². The predicted octanol–water partition coefficient (Wildman–Crippen LogP) is 2.52. The fraction of sp³-hybridized carbons (Fsp3) is 0.167. The van der Waals surface area contributed by atoms with Gasteiger partial charge < -0.3 is 24.3 Å². The van der Waals surface area contributed by atoms with E-state index in [2.05, 4.69) is 15.8 Å². The molecule has 0 spiro atoms. The van der Waals surface area contributed by atoms with Crippen molar-refractivity contribution in [1.29, 1.82) is 0 Å². The van der Waals surface area contributed by atoms with Crippen molar-refractivity contribution in [2.24, 2.45) is 0 Å². The molecule has 0 aliphatic heterocycles. The van der Waals surface area contributed by atoms with Crippen LogP contribution in [0.4, 0.5) is 5.69 Å². The van der Waals surface area contributed by atoms with E-state index < -0.39 is 0 Å². The third-order valence-electron chi connectivity index (χ3n) is 3.40. The Balaban J connectivity index is 1.43. The maximum absolute atomic E-state index is 11.9. The van der Waals surface area contributed by atoms with Gasteiger partial charge in [-0.2, -0.15) is 0 Å². The summed E-state index contributed by atoms with van der Waals surface area (Å²) in [7, 11) is 0. The zero-order valence-corrected chi connectivity index (χ0v) is 14.0. The van der Waals surface area contributed by atoms with Crippen LogP contribution in [0.2, 0.25) is 0 Å². The molecule has 2 N–H and O–H groups in total. The average molecular weight is 355 g/mol. The van der Waals surface area contributed by atoms with Crippen LogP contribution < -0.4 is 15.4 Å². The molecule has 0 atom stereocenters. The maximum Gasteiger partial charge on any atom is 0.291 e. The molecule has 0 bridgehead atoms. The number of aromatic nitrogens is 1. The molecule has 1 aromatic carbocycles. The largest absolute Gasteiger partial charge is 0.465 e. The van der Waals surface area contributed by atoms with Gasteiger partial charge >= 0.3 is 0 Å². The van der Waals surface area contributed by atoms with Gasteiger partial charge in [0.1, 0.15) is 5.76 Å². The highest BCUT2D eigenvalue weighted by Gasteiger charge is 2.09. The SMILES string of the molecule is Cc1cc(OCC(=O)NCc2ccc(NC(=O)c3ccco3)cc2)no1. The number of hydrogen-bond acceptors (Lipinski definition) is 6. The lowest BCUT2D eigenvalue weighted by Crippen LogP contribution is -2.28. The summed E-state index contributed by atoms with van der Waals surface area (Å²) in [6.07, 6.45) is 1.44. The van der Waals surface area contributed by atoms with Crippen LogP contribution in [0.1, 0.15) is 21.9 Å². The number of aryl methyl sites for hydroxylation is 1. The van der Waals surface area contributed by atoms with Gasteiger partial charge in [-0.1, -0.05) is 12.1 Å². The van der Waals surface area contributed by atoms with Crippen LogP contribution in [0.3, 0.4) is 0 Å². The number of hydrogen-bond donors (Lipinski definition) is 2. The second-order valence-corrected chi connectivity index (χ2v) is 5.47. The zero-order valence-electron chi connectivity index (χ0n) is 14.0. The molecule has 8 nitrogen and oxygen atoms in total. The number of benzene rings is 1. The monoisotopic (exact) mass is 355 g/mol. The van der Waals surface area contributed by atoms with Gasteiger partial charge in [0.2, 0.25) is 0 Å². The molecule has 0 aliphatic rings. The Morgan fingerprint density at radius 2 is 2.00 bits per heavy atom. The Hall–Kier alpha value is -3.55. The Kier molecular flexibility index (Phi) is 5.33. The highest BCUT2D eigenvalue weighted by molar-refractivity contribution is 6.02. The van der Waals surface area contributed by atoms with Gasteiger partial charge in [0, 0.05) is 18.3 Å². The summed E-state index contributed by atoms with van der Waals surface area (Å²) in [5, 5.41) is 9.09. The standard InChI is InChI=1S/C18H17N3O5/c1-12-9-17(21-26-12)25-11-16(22)19-10-13-4-6-14(7-5-13)20-18(23)15-3-2-8-24-15/h2-9H,10-11H2,1H3,(H,19,22)(H,20,23). The van der Waals surface area contributed by atoms with Gasteiger partial charge in [-0.3, -0.25) is 9.59 Å². The van der Waals surface area contributed by atoms with E-state index in [4.69, 9.17) is 13.7 Å². The molecule has 0 fully saturated rings. The van der Waals surface area contributed by atoms with Gasteiger partial charge in [-0.05, 0) is 41.9 Å². The third kappa shape index (κ3) is 4.73. The van der Waals surface area contributed by atoms with E-state index in [0.29, 0.717) is 18.0 Å². The number of carbonyl (C=O) groups excluding carboxylic acids is 2. The van der Waals surface area contributed by atoms with Crippen LogP contribution in [-0.4, -0.2) is 23.6 Å². The minimum atomic E-state index is -0.323. The number of amides is 2. The first-order valence-corrected chi connectivity index (χ1v) is 7.87. The number of ether oxygens (including phenoxy) is 1. The molecule has 8 heteroatoms. The number of rotatable bonds is 7. The summed E-state index contributed by atoms with van der Waals surface area (Å²) >= 11 is 0. The number of anilines is 1. The first-order chi connectivity index (χ1) is 12.6. The van der Waals surface area contributed by atoms with Crippen molar-refractivity contribution in [3.63, 3.8) is 0 Å². The van der Waals surface area contributed by atoms with Crippen LogP contribution in [0, 0.1) is 6.92 Å². The molecule has 2 heterocycles. The first-order valence-electron chi connectivity index (χ1n) is 7.87. The Labute approximate surface area is 149 Å². The quantitative estimate of drug-likeness (QED) is 0.674. The Morgan fingerprint density at radius 1 is 1.19 bits per heavy atom. The van der Waals surface area contributed by atoms with Gasteiger partial charge in [0.15, 0.2) is 12.4 Å². The summed E-state index contributed by atoms with van der Waals surface area (Å²) < 4.78 is 15.1. The number of nitrogens with one attached hydrogen (secondary N) is 2. The lowest BCUT2D eigenvalue weighted by Gasteiger charge is -2.07.